The predicted octanol–water partition coefficient (Wildman–Crippen LogP) is -5.71. The van der Waals surface area contributed by atoms with Crippen LogP contribution in [-0.2, 0) is 0 Å². The SMILES string of the molecule is CCC(C)[BH-](C(C)CC)C(C)CC.[BH4-].[H-].[Li+].[Li+].[Na+]. The molecule has 0 aliphatic heterocycles. The number of rotatable bonds is 6. The third-order valence-electron chi connectivity index (χ3n) is 4.50. The second-order valence-electron chi connectivity index (χ2n) is 5.25. The van der Waals surface area contributed by atoms with Gasteiger partial charge in [0.25, 0.3) is 0 Å². The van der Waals surface area contributed by atoms with Crippen LogP contribution in [0.25, 0.3) is 0 Å². The molecular weight excluding hydrogens is 203 g/mol. The van der Waals surface area contributed by atoms with Crippen LogP contribution in [0.5, 0.6) is 0 Å². The van der Waals surface area contributed by atoms with Gasteiger partial charge in [-0.25, -0.2) is 0 Å². The molecule has 0 radical (unpaired) electrons. The molecule has 0 fully saturated rings. The Balaban J connectivity index is -0.0000000720. The van der Waals surface area contributed by atoms with Gasteiger partial charge in [-0.3, -0.25) is 0 Å². The molecule has 90 valence electrons. The number of hydrogen-bond acceptors (Lipinski definition) is 0. The Kier molecular flexibility index (Phi) is 34.1. The van der Waals surface area contributed by atoms with Gasteiger partial charge in [-0.2, -0.15) is 17.5 Å². The smallest absolute Gasteiger partial charge is 1.00 e. The Hall–Kier alpha value is 2.32. The maximum absolute atomic E-state index is 2.46. The summed E-state index contributed by atoms with van der Waals surface area (Å²) in [5, 5.41) is 0. The zero-order valence-electron chi connectivity index (χ0n) is 14.6. The molecule has 0 saturated heterocycles. The second-order valence-corrected chi connectivity index (χ2v) is 5.25. The zero-order chi connectivity index (χ0) is 10.4. The van der Waals surface area contributed by atoms with E-state index in [1.54, 1.807) is 0 Å². The zero-order valence-corrected chi connectivity index (χ0v) is 15.6. The summed E-state index contributed by atoms with van der Waals surface area (Å²) in [6.07, 6.45) is 4.11. The molecule has 0 nitrogen and oxygen atoms in total. The molecule has 0 spiro atoms. The summed E-state index contributed by atoms with van der Waals surface area (Å²) >= 11 is 0. The molecule has 3 atom stereocenters. The largest absolute Gasteiger partial charge is 1.00 e. The van der Waals surface area contributed by atoms with E-state index >= 15 is 0 Å². The minimum absolute atomic E-state index is 0. The van der Waals surface area contributed by atoms with Crippen molar-refractivity contribution in [2.45, 2.75) is 78.3 Å². The van der Waals surface area contributed by atoms with Gasteiger partial charge in [0.05, 0.1) is 0 Å². The molecule has 0 amide bonds. The van der Waals surface area contributed by atoms with Gasteiger partial charge in [-0.05, 0) is 6.71 Å². The summed E-state index contributed by atoms with van der Waals surface area (Å²) in [6.45, 7) is 14.5. The second kappa shape index (κ2) is 18.3. The minimum atomic E-state index is 0. The Labute approximate surface area is 160 Å². The molecular formula is C12H33B2Li2Na. The van der Waals surface area contributed by atoms with Crippen molar-refractivity contribution in [1.29, 1.82) is 0 Å². The summed E-state index contributed by atoms with van der Waals surface area (Å²) in [4.78, 5) is 0. The minimum Gasteiger partial charge on any atom is -1.00 e. The molecule has 0 aromatic rings. The molecule has 17 heavy (non-hydrogen) atoms. The average Bonchev–Trinajstić information content (AvgIpc) is 2.16. The molecule has 0 aliphatic carbocycles. The van der Waals surface area contributed by atoms with Crippen molar-refractivity contribution >= 4 is 15.1 Å². The first-order valence-electron chi connectivity index (χ1n) is 6.30. The maximum Gasteiger partial charge on any atom is 1.00 e. The van der Waals surface area contributed by atoms with Crippen molar-refractivity contribution in [1.82, 2.24) is 0 Å². The average molecular weight is 236 g/mol. The Morgan fingerprint density at radius 3 is 1.06 bits per heavy atom. The summed E-state index contributed by atoms with van der Waals surface area (Å²) in [5.41, 5.74) is 0. The van der Waals surface area contributed by atoms with E-state index in [4.69, 9.17) is 0 Å². The summed E-state index contributed by atoms with van der Waals surface area (Å²) < 4.78 is 0. The first-order valence-corrected chi connectivity index (χ1v) is 6.30. The van der Waals surface area contributed by atoms with Gasteiger partial charge in [-0.15, -0.1) is 0 Å². The van der Waals surface area contributed by atoms with Crippen molar-refractivity contribution in [2.24, 2.45) is 0 Å². The molecule has 0 aromatic heterocycles. The fourth-order valence-electron chi connectivity index (χ4n) is 3.06. The van der Waals surface area contributed by atoms with Crippen molar-refractivity contribution in [3.63, 3.8) is 0 Å². The quantitative estimate of drug-likeness (QED) is 0.403. The van der Waals surface area contributed by atoms with Gasteiger partial charge >= 0.3 is 67.3 Å². The van der Waals surface area contributed by atoms with E-state index in [-0.39, 0.29) is 83.8 Å². The molecule has 0 aromatic carbocycles. The Morgan fingerprint density at radius 2 is 0.941 bits per heavy atom. The Morgan fingerprint density at radius 1 is 0.765 bits per heavy atom. The molecule has 3 unspecified atom stereocenters. The van der Waals surface area contributed by atoms with E-state index in [0.29, 0.717) is 0 Å². The third kappa shape index (κ3) is 11.8. The monoisotopic (exact) mass is 236 g/mol. The third-order valence-corrected chi connectivity index (χ3v) is 4.50. The van der Waals surface area contributed by atoms with E-state index in [1.807, 2.05) is 0 Å². The van der Waals surface area contributed by atoms with Crippen LogP contribution in [0.15, 0.2) is 0 Å². The van der Waals surface area contributed by atoms with Gasteiger partial charge in [0.1, 0.15) is 0 Å². The summed E-state index contributed by atoms with van der Waals surface area (Å²) in [5.74, 6) is 2.93. The summed E-state index contributed by atoms with van der Waals surface area (Å²) in [7, 11) is 0. The van der Waals surface area contributed by atoms with E-state index in [0.717, 1.165) is 17.5 Å². The van der Waals surface area contributed by atoms with E-state index in [2.05, 4.69) is 41.5 Å². The molecule has 0 heterocycles. The molecule has 5 heteroatoms. The standard InChI is InChI=1S/C12H28B.BH4.2Li.Na.H/c1-7-10(4)13(11(5)8-2)12(6)9-3;;;;;/h10-13H,7-9H2,1-6H3;1H4;;;;/q2*-1;3*+1;-1. The Bertz CT molecular complexity index is 121. The van der Waals surface area contributed by atoms with Crippen molar-refractivity contribution < 1.29 is 68.7 Å². The van der Waals surface area contributed by atoms with Crippen LogP contribution >= 0.6 is 0 Å². The van der Waals surface area contributed by atoms with Crippen molar-refractivity contribution in [3.05, 3.63) is 0 Å². The van der Waals surface area contributed by atoms with E-state index < -0.39 is 0 Å². The van der Waals surface area contributed by atoms with Gasteiger partial charge in [0.2, 0.25) is 0 Å². The number of hydrogen-bond donors (Lipinski definition) is 0. The first kappa shape index (κ1) is 31.6. The molecule has 0 rings (SSSR count). The van der Waals surface area contributed by atoms with Crippen molar-refractivity contribution in [3.8, 4) is 0 Å². The van der Waals surface area contributed by atoms with Crippen LogP contribution in [0.2, 0.25) is 17.5 Å². The van der Waals surface area contributed by atoms with Crippen LogP contribution < -0.4 is 67.3 Å². The molecule has 0 N–H and O–H groups in total. The summed E-state index contributed by atoms with van der Waals surface area (Å²) in [6, 6.07) is 0. The van der Waals surface area contributed by atoms with Crippen LogP contribution in [0, 0.1) is 0 Å². The molecule has 0 saturated carbocycles. The van der Waals surface area contributed by atoms with Crippen LogP contribution in [-0.4, -0.2) is 15.1 Å². The van der Waals surface area contributed by atoms with E-state index in [1.165, 1.54) is 19.3 Å². The first-order chi connectivity index (χ1) is 6.08. The van der Waals surface area contributed by atoms with Gasteiger partial charge in [0.15, 0.2) is 0 Å². The van der Waals surface area contributed by atoms with Gasteiger partial charge in [0, 0.05) is 0 Å². The normalized spacial score (nSPS) is 15.9. The topological polar surface area (TPSA) is 0 Å². The predicted molar refractivity (Wildman–Crippen MR) is 78.7 cm³/mol. The maximum atomic E-state index is 2.46. The fourth-order valence-corrected chi connectivity index (χ4v) is 3.06. The fraction of sp³-hybridized carbons (Fsp3) is 1.00. The molecule has 0 aliphatic rings. The van der Waals surface area contributed by atoms with Crippen LogP contribution in [0.1, 0.15) is 62.2 Å². The van der Waals surface area contributed by atoms with Crippen molar-refractivity contribution in [2.75, 3.05) is 0 Å². The van der Waals surface area contributed by atoms with Gasteiger partial charge in [-0.1, -0.05) is 69.2 Å². The van der Waals surface area contributed by atoms with Crippen LogP contribution in [0.3, 0.4) is 0 Å². The van der Waals surface area contributed by atoms with Gasteiger partial charge < -0.3 is 1.43 Å². The van der Waals surface area contributed by atoms with Crippen LogP contribution in [0.4, 0.5) is 0 Å². The molecule has 0 bridgehead atoms. The van der Waals surface area contributed by atoms with E-state index in [9.17, 15) is 0 Å².